The highest BCUT2D eigenvalue weighted by Crippen LogP contribution is 2.66. The molecule has 0 unspecified atom stereocenters. The Morgan fingerprint density at radius 1 is 0.277 bits per heavy atom. The Morgan fingerprint density at radius 3 is 1.35 bits per heavy atom. The van der Waals surface area contributed by atoms with Crippen LogP contribution in [-0.2, 0) is 10.8 Å². The first-order chi connectivity index (χ1) is 32.0. The van der Waals surface area contributed by atoms with Gasteiger partial charge in [0.2, 0.25) is 0 Å². The molecule has 1 nitrogen and oxygen atoms in total. The largest absolute Gasteiger partial charge is 0.310 e. The molecule has 3 aliphatic carbocycles. The van der Waals surface area contributed by atoms with Gasteiger partial charge in [-0.2, -0.15) is 0 Å². The van der Waals surface area contributed by atoms with E-state index in [0.717, 1.165) is 11.4 Å². The molecule has 13 rings (SSSR count). The minimum atomic E-state index is -0.644. The summed E-state index contributed by atoms with van der Waals surface area (Å²) >= 11 is 0. The van der Waals surface area contributed by atoms with Gasteiger partial charge in [-0.05, 0) is 125 Å². The summed E-state index contributed by atoms with van der Waals surface area (Å²) in [5.41, 5.74) is 25.6. The Bertz CT molecular complexity index is 3420. The minimum absolute atomic E-state index is 0.173. The van der Waals surface area contributed by atoms with Crippen LogP contribution in [0, 0.1) is 0 Å². The summed E-state index contributed by atoms with van der Waals surface area (Å²) in [6.07, 6.45) is 0. The quantitative estimate of drug-likeness (QED) is 0.161. The van der Waals surface area contributed by atoms with Crippen LogP contribution in [0.1, 0.15) is 47.2 Å². The maximum atomic E-state index is 2.59. The monoisotopic (exact) mass is 827 g/mol. The summed E-state index contributed by atoms with van der Waals surface area (Å²) in [4.78, 5) is 2.59. The number of nitrogens with zero attached hydrogens (tertiary/aromatic N) is 1. The summed E-state index contributed by atoms with van der Waals surface area (Å²) in [7, 11) is 0. The van der Waals surface area contributed by atoms with E-state index >= 15 is 0 Å². The SMILES string of the molecule is CC1(C)c2ccccc2-c2ccc(N(c3ccccc3-c3ccccc3)c3cccc4c3C3(c5cc(-c6ccccc6)ccc5-c5ccc(-c6ccccc6)cc53)c3ccccc3-4)cc21. The van der Waals surface area contributed by atoms with Gasteiger partial charge in [-0.15, -0.1) is 0 Å². The number of hydrogen-bond acceptors (Lipinski definition) is 1. The highest BCUT2D eigenvalue weighted by molar-refractivity contribution is 6.02. The molecule has 306 valence electrons. The van der Waals surface area contributed by atoms with Gasteiger partial charge < -0.3 is 4.90 Å². The van der Waals surface area contributed by atoms with Crippen LogP contribution in [0.15, 0.2) is 237 Å². The average molecular weight is 828 g/mol. The normalized spacial score (nSPS) is 13.9. The minimum Gasteiger partial charge on any atom is -0.310 e. The van der Waals surface area contributed by atoms with Crippen LogP contribution in [0.5, 0.6) is 0 Å². The standard InChI is InChI=1S/C64H45N/c1-63(2)55-29-15-12-26-49(55)51-38-35-47(41-57(51)63)65(60-31-17-14-25-48(60)44-23-10-5-11-24-44)61-32-18-28-54-50-27-13-16-30-56(50)64(62(54)61)58-39-45(42-19-6-3-7-20-42)33-36-52(58)53-37-34-46(40-59(53)64)43-21-8-4-9-22-43/h3-41H,1-2H3. The van der Waals surface area contributed by atoms with Crippen molar-refractivity contribution in [3.63, 3.8) is 0 Å². The van der Waals surface area contributed by atoms with Gasteiger partial charge >= 0.3 is 0 Å². The van der Waals surface area contributed by atoms with Gasteiger partial charge in [0.25, 0.3) is 0 Å². The molecule has 1 spiro atoms. The Morgan fingerprint density at radius 2 is 0.723 bits per heavy atom. The first kappa shape index (κ1) is 37.5. The lowest BCUT2D eigenvalue weighted by atomic mass is 9.69. The first-order valence-corrected chi connectivity index (χ1v) is 22.8. The fourth-order valence-corrected chi connectivity index (χ4v) is 11.8. The van der Waals surface area contributed by atoms with Gasteiger partial charge in [-0.3, -0.25) is 0 Å². The van der Waals surface area contributed by atoms with Gasteiger partial charge in [-0.25, -0.2) is 0 Å². The molecule has 0 atom stereocenters. The van der Waals surface area contributed by atoms with E-state index in [0.29, 0.717) is 0 Å². The third kappa shape index (κ3) is 5.39. The molecule has 10 aromatic rings. The highest BCUT2D eigenvalue weighted by Gasteiger charge is 2.54. The molecule has 0 amide bonds. The van der Waals surface area contributed by atoms with E-state index in [2.05, 4.69) is 255 Å². The Labute approximate surface area is 381 Å². The van der Waals surface area contributed by atoms with E-state index in [9.17, 15) is 0 Å². The van der Waals surface area contributed by atoms with Crippen molar-refractivity contribution in [3.8, 4) is 66.8 Å². The predicted octanol–water partition coefficient (Wildman–Crippen LogP) is 16.8. The molecule has 0 fully saturated rings. The number of benzene rings is 10. The number of rotatable bonds is 6. The van der Waals surface area contributed by atoms with Crippen molar-refractivity contribution in [1.82, 2.24) is 0 Å². The Balaban J connectivity index is 1.15. The van der Waals surface area contributed by atoms with Crippen molar-refractivity contribution in [2.24, 2.45) is 0 Å². The van der Waals surface area contributed by atoms with Crippen molar-refractivity contribution in [2.45, 2.75) is 24.7 Å². The van der Waals surface area contributed by atoms with Gasteiger partial charge in [0.05, 0.1) is 16.8 Å². The third-order valence-electron chi connectivity index (χ3n) is 14.7. The van der Waals surface area contributed by atoms with E-state index in [1.54, 1.807) is 0 Å². The van der Waals surface area contributed by atoms with E-state index in [1.807, 2.05) is 0 Å². The van der Waals surface area contributed by atoms with Gasteiger partial charge in [0, 0.05) is 22.2 Å². The van der Waals surface area contributed by atoms with E-state index in [-0.39, 0.29) is 5.41 Å². The number of fused-ring (bicyclic) bond motifs is 13. The maximum Gasteiger partial charge on any atom is 0.0746 e. The number of anilines is 3. The van der Waals surface area contributed by atoms with Gasteiger partial charge in [0.1, 0.15) is 0 Å². The molecule has 0 bridgehead atoms. The lowest BCUT2D eigenvalue weighted by Gasteiger charge is -2.37. The average Bonchev–Trinajstić information content (AvgIpc) is 3.93. The zero-order valence-corrected chi connectivity index (χ0v) is 36.5. The molecule has 10 aromatic carbocycles. The van der Waals surface area contributed by atoms with Crippen molar-refractivity contribution in [3.05, 3.63) is 270 Å². The van der Waals surface area contributed by atoms with Crippen LogP contribution in [-0.4, -0.2) is 0 Å². The second kappa shape index (κ2) is 14.3. The van der Waals surface area contributed by atoms with Crippen LogP contribution in [0.2, 0.25) is 0 Å². The molecule has 1 heteroatoms. The highest BCUT2D eigenvalue weighted by atomic mass is 15.1. The molecular weight excluding hydrogens is 783 g/mol. The molecule has 0 heterocycles. The van der Waals surface area contributed by atoms with Crippen molar-refractivity contribution >= 4 is 17.1 Å². The van der Waals surface area contributed by atoms with Crippen molar-refractivity contribution in [2.75, 3.05) is 4.90 Å². The van der Waals surface area contributed by atoms with Gasteiger partial charge in [-0.1, -0.05) is 214 Å². The number of hydrogen-bond donors (Lipinski definition) is 0. The zero-order chi connectivity index (χ0) is 43.3. The smallest absolute Gasteiger partial charge is 0.0746 e. The molecule has 3 aliphatic rings. The topological polar surface area (TPSA) is 3.24 Å². The molecule has 0 aromatic heterocycles. The lowest BCUT2D eigenvalue weighted by Crippen LogP contribution is -2.28. The lowest BCUT2D eigenvalue weighted by molar-refractivity contribution is 0.660. The van der Waals surface area contributed by atoms with Crippen LogP contribution >= 0.6 is 0 Å². The Kier molecular flexibility index (Phi) is 8.24. The van der Waals surface area contributed by atoms with Crippen LogP contribution in [0.3, 0.4) is 0 Å². The summed E-state index contributed by atoms with van der Waals surface area (Å²) in [5, 5.41) is 0. The predicted molar refractivity (Wildman–Crippen MR) is 271 cm³/mol. The molecule has 0 radical (unpaired) electrons. The molecule has 0 saturated heterocycles. The first-order valence-electron chi connectivity index (χ1n) is 22.8. The van der Waals surface area contributed by atoms with Crippen LogP contribution in [0.25, 0.3) is 66.8 Å². The fourth-order valence-electron chi connectivity index (χ4n) is 11.8. The third-order valence-corrected chi connectivity index (χ3v) is 14.7. The van der Waals surface area contributed by atoms with Crippen LogP contribution < -0.4 is 4.90 Å². The number of para-hydroxylation sites is 1. The molecule has 0 aliphatic heterocycles. The van der Waals surface area contributed by atoms with E-state index in [1.165, 1.54) is 106 Å². The zero-order valence-electron chi connectivity index (χ0n) is 36.5. The molecule has 0 saturated carbocycles. The molecular formula is C64H45N. The van der Waals surface area contributed by atoms with Gasteiger partial charge in [0.15, 0.2) is 0 Å². The van der Waals surface area contributed by atoms with Crippen molar-refractivity contribution < 1.29 is 0 Å². The summed E-state index contributed by atoms with van der Waals surface area (Å²) in [6, 6.07) is 88.5. The fraction of sp³-hybridized carbons (Fsp3) is 0.0625. The maximum absolute atomic E-state index is 2.59. The Hall–Kier alpha value is -8.00. The van der Waals surface area contributed by atoms with E-state index in [4.69, 9.17) is 0 Å². The van der Waals surface area contributed by atoms with Crippen molar-refractivity contribution in [1.29, 1.82) is 0 Å². The second-order valence-electron chi connectivity index (χ2n) is 18.4. The van der Waals surface area contributed by atoms with Crippen LogP contribution in [0.4, 0.5) is 17.1 Å². The van der Waals surface area contributed by atoms with E-state index < -0.39 is 5.41 Å². The summed E-state index contributed by atoms with van der Waals surface area (Å²) < 4.78 is 0. The molecule has 65 heavy (non-hydrogen) atoms. The second-order valence-corrected chi connectivity index (χ2v) is 18.4. The molecule has 0 N–H and O–H groups in total. The summed E-state index contributed by atoms with van der Waals surface area (Å²) in [5.74, 6) is 0. The summed E-state index contributed by atoms with van der Waals surface area (Å²) in [6.45, 7) is 4.77.